The average Bonchev–Trinajstić information content (AvgIpc) is 3.30. The molecule has 4 rings (SSSR count). The summed E-state index contributed by atoms with van der Waals surface area (Å²) in [5.41, 5.74) is 4.80. The minimum absolute atomic E-state index is 0. The van der Waals surface area contributed by atoms with Crippen molar-refractivity contribution in [3.63, 3.8) is 0 Å². The lowest BCUT2D eigenvalue weighted by Crippen LogP contribution is -2.37. The third kappa shape index (κ3) is 6.99. The second-order valence-corrected chi connectivity index (χ2v) is 8.30. The standard InChI is InChI=1S/C24H29N5OS.HI/c1-25-24(27-16-22-18-31-23(28-22)19-7-3-2-4-8-19)26-15-20-9-5-6-10-21(20)17-29-11-13-30-14-12-29;/h2-10,18H,11-17H2,1H3,(H2,25,26,27);1H. The molecule has 1 aromatic heterocycles. The zero-order chi connectivity index (χ0) is 21.3. The Kier molecular flexibility index (Phi) is 9.91. The SMILES string of the molecule is CN=C(NCc1csc(-c2ccccc2)n1)NCc1ccccc1CN1CCOCC1.I. The summed E-state index contributed by atoms with van der Waals surface area (Å²) in [4.78, 5) is 11.6. The van der Waals surface area contributed by atoms with E-state index >= 15 is 0 Å². The normalized spacial score (nSPS) is 14.6. The highest BCUT2D eigenvalue weighted by Gasteiger charge is 2.13. The van der Waals surface area contributed by atoms with Crippen LogP contribution in [0.3, 0.4) is 0 Å². The molecule has 0 spiro atoms. The van der Waals surface area contributed by atoms with Crippen LogP contribution in [0.4, 0.5) is 0 Å². The summed E-state index contributed by atoms with van der Waals surface area (Å²) in [5.74, 6) is 0.774. The molecule has 6 nitrogen and oxygen atoms in total. The number of nitrogens with zero attached hydrogens (tertiary/aromatic N) is 3. The van der Waals surface area contributed by atoms with E-state index in [9.17, 15) is 0 Å². The highest BCUT2D eigenvalue weighted by Crippen LogP contribution is 2.23. The third-order valence-electron chi connectivity index (χ3n) is 5.30. The van der Waals surface area contributed by atoms with E-state index in [1.807, 2.05) is 18.2 Å². The number of rotatable bonds is 7. The van der Waals surface area contributed by atoms with Gasteiger partial charge in [0.2, 0.25) is 0 Å². The van der Waals surface area contributed by atoms with Crippen LogP contribution in [-0.2, 0) is 24.4 Å². The zero-order valence-electron chi connectivity index (χ0n) is 18.3. The fourth-order valence-electron chi connectivity index (χ4n) is 3.56. The van der Waals surface area contributed by atoms with E-state index in [2.05, 4.69) is 62.3 Å². The molecule has 0 unspecified atom stereocenters. The molecule has 0 aliphatic carbocycles. The molecule has 0 atom stereocenters. The van der Waals surface area contributed by atoms with Gasteiger partial charge in [0, 0.05) is 44.2 Å². The molecule has 170 valence electrons. The minimum Gasteiger partial charge on any atom is -0.379 e. The molecule has 2 N–H and O–H groups in total. The second kappa shape index (κ2) is 12.9. The first-order valence-corrected chi connectivity index (χ1v) is 11.5. The Bertz CT molecular complexity index is 989. The maximum Gasteiger partial charge on any atom is 0.191 e. The topological polar surface area (TPSA) is 61.8 Å². The van der Waals surface area contributed by atoms with Crippen molar-refractivity contribution in [2.75, 3.05) is 33.4 Å². The number of aliphatic imine (C=N–C) groups is 1. The van der Waals surface area contributed by atoms with Gasteiger partial charge in [-0.05, 0) is 11.1 Å². The van der Waals surface area contributed by atoms with Gasteiger partial charge in [-0.2, -0.15) is 0 Å². The van der Waals surface area contributed by atoms with E-state index in [1.54, 1.807) is 18.4 Å². The summed E-state index contributed by atoms with van der Waals surface area (Å²) in [6.07, 6.45) is 0. The van der Waals surface area contributed by atoms with Gasteiger partial charge in [-0.25, -0.2) is 4.98 Å². The van der Waals surface area contributed by atoms with Crippen LogP contribution in [0.2, 0.25) is 0 Å². The number of morpholine rings is 1. The highest BCUT2D eigenvalue weighted by atomic mass is 127. The van der Waals surface area contributed by atoms with Gasteiger partial charge >= 0.3 is 0 Å². The zero-order valence-corrected chi connectivity index (χ0v) is 21.4. The number of nitrogens with one attached hydrogen (secondary N) is 2. The second-order valence-electron chi connectivity index (χ2n) is 7.45. The summed E-state index contributed by atoms with van der Waals surface area (Å²) in [6.45, 7) is 5.94. The van der Waals surface area contributed by atoms with Gasteiger partial charge in [0.15, 0.2) is 5.96 Å². The van der Waals surface area contributed by atoms with Crippen LogP contribution in [0.5, 0.6) is 0 Å². The number of hydrogen-bond acceptors (Lipinski definition) is 5. The van der Waals surface area contributed by atoms with Crippen molar-refractivity contribution in [1.82, 2.24) is 20.5 Å². The fraction of sp³-hybridized carbons (Fsp3) is 0.333. The van der Waals surface area contributed by atoms with Gasteiger partial charge in [0.05, 0.1) is 25.5 Å². The molecule has 8 heteroatoms. The van der Waals surface area contributed by atoms with Crippen molar-refractivity contribution in [3.05, 3.63) is 76.8 Å². The summed E-state index contributed by atoms with van der Waals surface area (Å²) in [7, 11) is 1.80. The molecule has 0 radical (unpaired) electrons. The molecule has 1 saturated heterocycles. The Morgan fingerprint density at radius 3 is 2.44 bits per heavy atom. The Morgan fingerprint density at radius 1 is 1.00 bits per heavy atom. The van der Waals surface area contributed by atoms with E-state index in [0.29, 0.717) is 6.54 Å². The predicted molar refractivity (Wildman–Crippen MR) is 143 cm³/mol. The third-order valence-corrected chi connectivity index (χ3v) is 6.24. The minimum atomic E-state index is 0. The van der Waals surface area contributed by atoms with Gasteiger partial charge < -0.3 is 15.4 Å². The smallest absolute Gasteiger partial charge is 0.191 e. The molecule has 0 amide bonds. The molecular weight excluding hydrogens is 533 g/mol. The van der Waals surface area contributed by atoms with Crippen LogP contribution >= 0.6 is 35.3 Å². The van der Waals surface area contributed by atoms with Gasteiger partial charge in [0.25, 0.3) is 0 Å². The monoisotopic (exact) mass is 563 g/mol. The molecular formula is C24H30IN5OS. The van der Waals surface area contributed by atoms with Crippen LogP contribution in [-0.4, -0.2) is 49.2 Å². The lowest BCUT2D eigenvalue weighted by atomic mass is 10.1. The van der Waals surface area contributed by atoms with Crippen LogP contribution in [0.1, 0.15) is 16.8 Å². The van der Waals surface area contributed by atoms with Crippen molar-refractivity contribution in [2.24, 2.45) is 4.99 Å². The Labute approximate surface area is 211 Å². The Hall–Kier alpha value is -2.01. The fourth-order valence-corrected chi connectivity index (χ4v) is 4.39. The quantitative estimate of drug-likeness (QED) is 0.257. The van der Waals surface area contributed by atoms with E-state index in [1.165, 1.54) is 11.1 Å². The van der Waals surface area contributed by atoms with Crippen LogP contribution in [0.25, 0.3) is 10.6 Å². The first kappa shape index (κ1) is 24.6. The summed E-state index contributed by atoms with van der Waals surface area (Å²) < 4.78 is 5.47. The van der Waals surface area contributed by atoms with Gasteiger partial charge in [-0.1, -0.05) is 54.6 Å². The predicted octanol–water partition coefficient (Wildman–Crippen LogP) is 4.13. The van der Waals surface area contributed by atoms with Crippen molar-refractivity contribution in [3.8, 4) is 10.6 Å². The first-order chi connectivity index (χ1) is 15.3. The molecule has 1 fully saturated rings. The highest BCUT2D eigenvalue weighted by molar-refractivity contribution is 14.0. The molecule has 2 heterocycles. The molecule has 1 aliphatic rings. The molecule has 2 aromatic carbocycles. The molecule has 1 aliphatic heterocycles. The largest absolute Gasteiger partial charge is 0.379 e. The van der Waals surface area contributed by atoms with Crippen LogP contribution < -0.4 is 10.6 Å². The maximum atomic E-state index is 5.47. The lowest BCUT2D eigenvalue weighted by molar-refractivity contribution is 0.0341. The maximum absolute atomic E-state index is 5.47. The van der Waals surface area contributed by atoms with E-state index < -0.39 is 0 Å². The van der Waals surface area contributed by atoms with Crippen LogP contribution in [0.15, 0.2) is 65.0 Å². The number of ether oxygens (including phenoxy) is 1. The number of benzene rings is 2. The van der Waals surface area contributed by atoms with Crippen molar-refractivity contribution in [1.29, 1.82) is 0 Å². The Balaban J connectivity index is 0.00000289. The van der Waals surface area contributed by atoms with E-state index in [4.69, 9.17) is 9.72 Å². The number of halogens is 1. The van der Waals surface area contributed by atoms with E-state index in [0.717, 1.165) is 61.6 Å². The number of guanidine groups is 1. The number of hydrogen-bond donors (Lipinski definition) is 2. The average molecular weight is 564 g/mol. The molecule has 0 bridgehead atoms. The molecule has 32 heavy (non-hydrogen) atoms. The van der Waals surface area contributed by atoms with Gasteiger partial charge in [-0.3, -0.25) is 9.89 Å². The van der Waals surface area contributed by atoms with Crippen molar-refractivity contribution >= 4 is 41.3 Å². The van der Waals surface area contributed by atoms with Gasteiger partial charge in [-0.15, -0.1) is 35.3 Å². The summed E-state index contributed by atoms with van der Waals surface area (Å²) in [5, 5.41) is 9.96. The summed E-state index contributed by atoms with van der Waals surface area (Å²) >= 11 is 1.67. The molecule has 3 aromatic rings. The van der Waals surface area contributed by atoms with E-state index in [-0.39, 0.29) is 24.0 Å². The number of thiazole rings is 1. The Morgan fingerprint density at radius 2 is 1.69 bits per heavy atom. The first-order valence-electron chi connectivity index (χ1n) is 10.6. The van der Waals surface area contributed by atoms with Gasteiger partial charge in [0.1, 0.15) is 5.01 Å². The summed E-state index contributed by atoms with van der Waals surface area (Å²) in [6, 6.07) is 18.9. The van der Waals surface area contributed by atoms with Crippen LogP contribution in [0, 0.1) is 0 Å². The lowest BCUT2D eigenvalue weighted by Gasteiger charge is -2.27. The molecule has 0 saturated carbocycles. The number of aromatic nitrogens is 1. The van der Waals surface area contributed by atoms with Crippen molar-refractivity contribution < 1.29 is 4.74 Å². The van der Waals surface area contributed by atoms with Crippen molar-refractivity contribution in [2.45, 2.75) is 19.6 Å².